The second-order valence-electron chi connectivity index (χ2n) is 6.24. The summed E-state index contributed by atoms with van der Waals surface area (Å²) in [5.41, 5.74) is 8.77. The lowest BCUT2D eigenvalue weighted by Gasteiger charge is -2.28. The zero-order valence-electron chi connectivity index (χ0n) is 14.5. The second-order valence-corrected chi connectivity index (χ2v) is 6.24. The number of hydrogen-bond donors (Lipinski definition) is 2. The lowest BCUT2D eigenvalue weighted by molar-refractivity contribution is 0.0721. The van der Waals surface area contributed by atoms with Crippen LogP contribution in [0.4, 0.5) is 10.2 Å². The number of anilines is 1. The number of hydrogen-bond acceptors (Lipinski definition) is 5. The lowest BCUT2D eigenvalue weighted by Crippen LogP contribution is -2.43. The van der Waals surface area contributed by atoms with Crippen LogP contribution in [0, 0.1) is 0 Å². The summed E-state index contributed by atoms with van der Waals surface area (Å²) in [4.78, 5) is 6.88. The Kier molecular flexibility index (Phi) is 5.96. The highest BCUT2D eigenvalue weighted by atomic mass is 19.1. The average molecular weight is 344 g/mol. The van der Waals surface area contributed by atoms with E-state index in [1.54, 1.807) is 7.11 Å². The molecular weight excluding hydrogens is 319 g/mol. The van der Waals surface area contributed by atoms with Gasteiger partial charge in [0.25, 0.3) is 0 Å². The molecule has 25 heavy (non-hydrogen) atoms. The van der Waals surface area contributed by atoms with Crippen molar-refractivity contribution in [2.45, 2.75) is 12.1 Å². The Balaban J connectivity index is 1.73. The Bertz CT molecular complexity index is 656. The molecule has 2 heterocycles. The van der Waals surface area contributed by atoms with Crippen molar-refractivity contribution in [3.05, 3.63) is 48.2 Å². The third-order valence-corrected chi connectivity index (χ3v) is 4.58. The fraction of sp³-hybridized carbons (Fsp3) is 0.421. The highest BCUT2D eigenvalue weighted by Crippen LogP contribution is 2.25. The van der Waals surface area contributed by atoms with Gasteiger partial charge < -0.3 is 20.7 Å². The van der Waals surface area contributed by atoms with Crippen LogP contribution in [0.25, 0.3) is 11.1 Å². The molecule has 1 fully saturated rings. The number of ether oxygens (including phenoxy) is 1. The molecule has 5 nitrogen and oxygen atoms in total. The summed E-state index contributed by atoms with van der Waals surface area (Å²) >= 11 is 0. The SMILES string of the molecule is CO[C@H](c1ccc(-c2ccc(N3CCNCC3)nc2)cc1)[C@H](N)CF. The van der Waals surface area contributed by atoms with Crippen LogP contribution in [0.3, 0.4) is 0 Å². The van der Waals surface area contributed by atoms with E-state index < -0.39 is 18.8 Å². The molecule has 0 radical (unpaired) electrons. The number of nitrogens with one attached hydrogen (secondary N) is 1. The summed E-state index contributed by atoms with van der Waals surface area (Å²) in [5.74, 6) is 1.01. The predicted molar refractivity (Wildman–Crippen MR) is 98.5 cm³/mol. The first-order valence-corrected chi connectivity index (χ1v) is 8.59. The Morgan fingerprint density at radius 1 is 1.16 bits per heavy atom. The fourth-order valence-electron chi connectivity index (χ4n) is 3.14. The number of halogens is 1. The summed E-state index contributed by atoms with van der Waals surface area (Å²) in [6.07, 6.45) is 1.46. The number of alkyl halides is 1. The maximum Gasteiger partial charge on any atom is 0.128 e. The molecule has 0 saturated carbocycles. The van der Waals surface area contributed by atoms with Crippen LogP contribution in [0.2, 0.25) is 0 Å². The van der Waals surface area contributed by atoms with E-state index >= 15 is 0 Å². The summed E-state index contributed by atoms with van der Waals surface area (Å²) in [6, 6.07) is 11.3. The van der Waals surface area contributed by atoms with Gasteiger partial charge in [-0.3, -0.25) is 0 Å². The van der Waals surface area contributed by atoms with E-state index in [0.29, 0.717) is 0 Å². The lowest BCUT2D eigenvalue weighted by atomic mass is 10.00. The molecule has 1 saturated heterocycles. The van der Waals surface area contributed by atoms with Crippen LogP contribution in [-0.2, 0) is 4.74 Å². The third kappa shape index (κ3) is 4.15. The topological polar surface area (TPSA) is 63.4 Å². The van der Waals surface area contributed by atoms with Crippen LogP contribution in [0.1, 0.15) is 11.7 Å². The number of benzene rings is 1. The van der Waals surface area contributed by atoms with Gasteiger partial charge in [-0.1, -0.05) is 24.3 Å². The minimum atomic E-state index is -0.657. The van der Waals surface area contributed by atoms with Gasteiger partial charge in [0.05, 0.1) is 12.1 Å². The van der Waals surface area contributed by atoms with Gasteiger partial charge in [0, 0.05) is 45.0 Å². The van der Waals surface area contributed by atoms with Crippen molar-refractivity contribution >= 4 is 5.82 Å². The van der Waals surface area contributed by atoms with Crippen molar-refractivity contribution in [1.82, 2.24) is 10.3 Å². The molecule has 1 aliphatic rings. The van der Waals surface area contributed by atoms with Crippen LogP contribution >= 0.6 is 0 Å². The van der Waals surface area contributed by atoms with E-state index in [0.717, 1.165) is 48.7 Å². The predicted octanol–water partition coefficient (Wildman–Crippen LogP) is 2.14. The average Bonchev–Trinajstić information content (AvgIpc) is 2.70. The Hall–Kier alpha value is -2.02. The minimum Gasteiger partial charge on any atom is -0.375 e. The Morgan fingerprint density at radius 3 is 2.40 bits per heavy atom. The van der Waals surface area contributed by atoms with Gasteiger partial charge >= 0.3 is 0 Å². The number of rotatable bonds is 6. The Labute approximate surface area is 148 Å². The van der Waals surface area contributed by atoms with Gasteiger partial charge in [0.2, 0.25) is 0 Å². The summed E-state index contributed by atoms with van der Waals surface area (Å²) in [6.45, 7) is 3.33. The molecule has 0 spiro atoms. The first-order valence-electron chi connectivity index (χ1n) is 8.59. The largest absolute Gasteiger partial charge is 0.375 e. The standard InChI is InChI=1S/C19H25FN4O/c1-25-19(17(21)12-20)15-4-2-14(3-5-15)16-6-7-18(23-13-16)24-10-8-22-9-11-24/h2-7,13,17,19,22H,8-12,21H2,1H3/t17-,19-/m1/s1. The highest BCUT2D eigenvalue weighted by Gasteiger charge is 2.19. The van der Waals surface area contributed by atoms with Crippen molar-refractivity contribution in [2.75, 3.05) is 44.9 Å². The quantitative estimate of drug-likeness (QED) is 0.841. The molecule has 0 unspecified atom stereocenters. The molecule has 6 heteroatoms. The van der Waals surface area contributed by atoms with Gasteiger partial charge in [-0.05, 0) is 23.3 Å². The van der Waals surface area contributed by atoms with Crippen LogP contribution < -0.4 is 16.0 Å². The molecule has 1 aliphatic heterocycles. The van der Waals surface area contributed by atoms with E-state index in [2.05, 4.69) is 27.3 Å². The van der Waals surface area contributed by atoms with E-state index in [-0.39, 0.29) is 0 Å². The monoisotopic (exact) mass is 344 g/mol. The number of nitrogens with two attached hydrogens (primary N) is 1. The number of nitrogens with zero attached hydrogens (tertiary/aromatic N) is 2. The van der Waals surface area contributed by atoms with E-state index in [4.69, 9.17) is 10.5 Å². The van der Waals surface area contributed by atoms with Gasteiger partial charge in [-0.15, -0.1) is 0 Å². The maximum atomic E-state index is 12.8. The summed E-state index contributed by atoms with van der Waals surface area (Å²) < 4.78 is 18.2. The van der Waals surface area contributed by atoms with Crippen molar-refractivity contribution in [1.29, 1.82) is 0 Å². The molecule has 0 bridgehead atoms. The number of methoxy groups -OCH3 is 1. The van der Waals surface area contributed by atoms with Crippen LogP contribution in [0.15, 0.2) is 42.6 Å². The summed E-state index contributed by atoms with van der Waals surface area (Å²) in [7, 11) is 1.55. The second kappa shape index (κ2) is 8.38. The molecule has 134 valence electrons. The van der Waals surface area contributed by atoms with E-state index in [1.165, 1.54) is 0 Å². The van der Waals surface area contributed by atoms with E-state index in [1.807, 2.05) is 30.5 Å². The first-order chi connectivity index (χ1) is 12.2. The van der Waals surface area contributed by atoms with Crippen LogP contribution in [-0.4, -0.2) is 51.0 Å². The zero-order chi connectivity index (χ0) is 17.6. The number of piperazine rings is 1. The molecule has 3 N–H and O–H groups in total. The highest BCUT2D eigenvalue weighted by molar-refractivity contribution is 5.64. The molecule has 0 amide bonds. The number of pyridine rings is 1. The molecule has 1 aromatic heterocycles. The van der Waals surface area contributed by atoms with Crippen molar-refractivity contribution in [3.8, 4) is 11.1 Å². The molecule has 3 rings (SSSR count). The van der Waals surface area contributed by atoms with Gasteiger partial charge in [0.15, 0.2) is 0 Å². The Morgan fingerprint density at radius 2 is 1.84 bits per heavy atom. The molecule has 1 aromatic carbocycles. The first kappa shape index (κ1) is 17.8. The normalized spacial score (nSPS) is 17.3. The maximum absolute atomic E-state index is 12.8. The molecule has 0 aliphatic carbocycles. The minimum absolute atomic E-state index is 0.438. The molecular formula is C19H25FN4O. The van der Waals surface area contributed by atoms with E-state index in [9.17, 15) is 4.39 Å². The van der Waals surface area contributed by atoms with Crippen LogP contribution in [0.5, 0.6) is 0 Å². The zero-order valence-corrected chi connectivity index (χ0v) is 14.5. The smallest absolute Gasteiger partial charge is 0.128 e. The van der Waals surface area contributed by atoms with Gasteiger partial charge in [0.1, 0.15) is 12.5 Å². The molecule has 2 atom stereocenters. The van der Waals surface area contributed by atoms with Crippen molar-refractivity contribution in [3.63, 3.8) is 0 Å². The third-order valence-electron chi connectivity index (χ3n) is 4.58. The molecule has 2 aromatic rings. The fourth-order valence-corrected chi connectivity index (χ4v) is 3.14. The number of aromatic nitrogens is 1. The van der Waals surface area contributed by atoms with Crippen molar-refractivity contribution in [2.24, 2.45) is 5.73 Å². The van der Waals surface area contributed by atoms with Gasteiger partial charge in [-0.2, -0.15) is 0 Å². The van der Waals surface area contributed by atoms with Crippen molar-refractivity contribution < 1.29 is 9.13 Å². The summed E-state index contributed by atoms with van der Waals surface area (Å²) in [5, 5.41) is 3.34. The van der Waals surface area contributed by atoms with Gasteiger partial charge in [-0.25, -0.2) is 9.37 Å².